The molecule has 0 saturated carbocycles. The molecular formula is C16H23NO5. The molecule has 1 amide bonds. The second kappa shape index (κ2) is 8.92. The van der Waals surface area contributed by atoms with Gasteiger partial charge in [-0.1, -0.05) is 12.1 Å². The van der Waals surface area contributed by atoms with Crippen molar-refractivity contribution in [3.05, 3.63) is 24.3 Å². The average molecular weight is 309 g/mol. The van der Waals surface area contributed by atoms with Gasteiger partial charge < -0.3 is 19.5 Å². The quantitative estimate of drug-likeness (QED) is 0.708. The van der Waals surface area contributed by atoms with Crippen LogP contribution >= 0.6 is 0 Å². The smallest absolute Gasteiger partial charge is 0.326 e. The van der Waals surface area contributed by atoms with Crippen LogP contribution in [-0.4, -0.2) is 48.2 Å². The number of nitrogens with zero attached hydrogens (tertiary/aromatic N) is 1. The summed E-state index contributed by atoms with van der Waals surface area (Å²) in [4.78, 5) is 23.9. The Balaban J connectivity index is 2.39. The first-order chi connectivity index (χ1) is 10.5. The van der Waals surface area contributed by atoms with Gasteiger partial charge in [0.2, 0.25) is 5.91 Å². The van der Waals surface area contributed by atoms with Gasteiger partial charge in [-0.15, -0.1) is 0 Å². The molecule has 1 atom stereocenters. The van der Waals surface area contributed by atoms with Crippen LogP contribution in [0.5, 0.6) is 11.5 Å². The number of carbonyl (C=O) groups is 2. The van der Waals surface area contributed by atoms with Gasteiger partial charge in [-0.25, -0.2) is 4.79 Å². The Morgan fingerprint density at radius 2 is 1.82 bits per heavy atom. The van der Waals surface area contributed by atoms with E-state index in [0.29, 0.717) is 31.1 Å². The molecule has 6 heteroatoms. The minimum Gasteiger partial charge on any atom is -0.490 e. The highest BCUT2D eigenvalue weighted by Crippen LogP contribution is 2.26. The average Bonchev–Trinajstić information content (AvgIpc) is 2.51. The molecule has 0 aliphatic heterocycles. The number of para-hydroxylation sites is 2. The number of carbonyl (C=O) groups excluding carboxylic acids is 1. The second-order valence-corrected chi connectivity index (χ2v) is 4.85. The fourth-order valence-electron chi connectivity index (χ4n) is 1.81. The molecule has 0 fully saturated rings. The van der Waals surface area contributed by atoms with Crippen molar-refractivity contribution in [1.29, 1.82) is 0 Å². The molecule has 22 heavy (non-hydrogen) atoms. The monoisotopic (exact) mass is 309 g/mol. The molecule has 0 radical (unpaired) electrons. The molecule has 1 unspecified atom stereocenters. The number of carboxylic acid groups (broad SMARTS) is 1. The van der Waals surface area contributed by atoms with Crippen molar-refractivity contribution in [3.8, 4) is 11.5 Å². The third kappa shape index (κ3) is 5.27. The summed E-state index contributed by atoms with van der Waals surface area (Å²) in [7, 11) is 1.49. The third-order valence-electron chi connectivity index (χ3n) is 3.27. The zero-order chi connectivity index (χ0) is 16.5. The second-order valence-electron chi connectivity index (χ2n) is 4.85. The topological polar surface area (TPSA) is 76.1 Å². The highest BCUT2D eigenvalue weighted by Gasteiger charge is 2.21. The number of benzene rings is 1. The van der Waals surface area contributed by atoms with Crippen molar-refractivity contribution in [2.24, 2.45) is 0 Å². The lowest BCUT2D eigenvalue weighted by molar-refractivity contribution is -0.148. The molecule has 0 saturated heterocycles. The van der Waals surface area contributed by atoms with Gasteiger partial charge in [0.05, 0.1) is 13.2 Å². The van der Waals surface area contributed by atoms with Gasteiger partial charge in [-0.2, -0.15) is 0 Å². The van der Waals surface area contributed by atoms with E-state index in [1.165, 1.54) is 18.9 Å². The van der Waals surface area contributed by atoms with Crippen LogP contribution in [0.4, 0.5) is 0 Å². The summed E-state index contributed by atoms with van der Waals surface area (Å²) in [6.45, 7) is 4.30. The molecule has 0 aromatic heterocycles. The molecule has 0 spiro atoms. The first kappa shape index (κ1) is 17.8. The fourth-order valence-corrected chi connectivity index (χ4v) is 1.81. The SMILES string of the molecule is CCOc1ccccc1OCCCC(=O)N(C)C(C)C(=O)O. The number of likely N-dealkylation sites (N-methyl/N-ethyl adjacent to an activating group) is 1. The molecule has 6 nitrogen and oxygen atoms in total. The van der Waals surface area contributed by atoms with Gasteiger partial charge in [-0.3, -0.25) is 4.79 Å². The van der Waals surface area contributed by atoms with Crippen LogP contribution in [0.3, 0.4) is 0 Å². The Labute approximate surface area is 130 Å². The predicted octanol–water partition coefficient (Wildman–Crippen LogP) is 2.18. The van der Waals surface area contributed by atoms with Crippen LogP contribution in [0.2, 0.25) is 0 Å². The van der Waals surface area contributed by atoms with Gasteiger partial charge >= 0.3 is 5.97 Å². The van der Waals surface area contributed by atoms with E-state index < -0.39 is 12.0 Å². The number of ether oxygens (including phenoxy) is 2. The van der Waals surface area contributed by atoms with E-state index in [1.54, 1.807) is 0 Å². The summed E-state index contributed by atoms with van der Waals surface area (Å²) < 4.78 is 11.1. The zero-order valence-electron chi connectivity index (χ0n) is 13.2. The van der Waals surface area contributed by atoms with Crippen molar-refractivity contribution < 1.29 is 24.2 Å². The Bertz CT molecular complexity index is 503. The van der Waals surface area contributed by atoms with E-state index in [4.69, 9.17) is 14.6 Å². The highest BCUT2D eigenvalue weighted by molar-refractivity contribution is 5.83. The predicted molar refractivity (Wildman–Crippen MR) is 82.2 cm³/mol. The summed E-state index contributed by atoms with van der Waals surface area (Å²) in [6, 6.07) is 6.53. The first-order valence-corrected chi connectivity index (χ1v) is 7.30. The van der Waals surface area contributed by atoms with Crippen molar-refractivity contribution in [2.75, 3.05) is 20.3 Å². The molecular weight excluding hydrogens is 286 g/mol. The Morgan fingerprint density at radius 3 is 2.36 bits per heavy atom. The molecule has 1 N–H and O–H groups in total. The summed E-state index contributed by atoms with van der Waals surface area (Å²) in [5.41, 5.74) is 0. The van der Waals surface area contributed by atoms with Crippen LogP contribution in [-0.2, 0) is 9.59 Å². The summed E-state index contributed by atoms with van der Waals surface area (Å²) in [6.07, 6.45) is 0.751. The van der Waals surface area contributed by atoms with E-state index in [2.05, 4.69) is 0 Å². The van der Waals surface area contributed by atoms with Gasteiger partial charge in [0, 0.05) is 13.5 Å². The van der Waals surface area contributed by atoms with Crippen molar-refractivity contribution >= 4 is 11.9 Å². The maximum Gasteiger partial charge on any atom is 0.326 e. The normalized spacial score (nSPS) is 11.6. The number of rotatable bonds is 9. The van der Waals surface area contributed by atoms with Crippen LogP contribution in [0.1, 0.15) is 26.7 Å². The Kier molecular flexibility index (Phi) is 7.22. The first-order valence-electron chi connectivity index (χ1n) is 7.30. The minimum absolute atomic E-state index is 0.211. The van der Waals surface area contributed by atoms with Gasteiger partial charge in [0.1, 0.15) is 6.04 Å². The Morgan fingerprint density at radius 1 is 1.23 bits per heavy atom. The van der Waals surface area contributed by atoms with Crippen molar-refractivity contribution in [1.82, 2.24) is 4.90 Å². The lowest BCUT2D eigenvalue weighted by Gasteiger charge is -2.21. The molecule has 0 aliphatic carbocycles. The molecule has 1 rings (SSSR count). The van der Waals surface area contributed by atoms with Crippen LogP contribution in [0, 0.1) is 0 Å². The minimum atomic E-state index is -1.02. The van der Waals surface area contributed by atoms with E-state index in [9.17, 15) is 9.59 Å². The summed E-state index contributed by atoms with van der Waals surface area (Å²) >= 11 is 0. The summed E-state index contributed by atoms with van der Waals surface area (Å²) in [5.74, 6) is 0.0892. The van der Waals surface area contributed by atoms with Crippen molar-refractivity contribution in [3.63, 3.8) is 0 Å². The number of hydrogen-bond acceptors (Lipinski definition) is 4. The van der Waals surface area contributed by atoms with E-state index in [0.717, 1.165) is 0 Å². The Hall–Kier alpha value is -2.24. The maximum absolute atomic E-state index is 11.9. The molecule has 1 aromatic carbocycles. The number of aliphatic carboxylic acids is 1. The standard InChI is InChI=1S/C16H23NO5/c1-4-21-13-8-5-6-9-14(13)22-11-7-10-15(18)17(3)12(2)16(19)20/h5-6,8-9,12H,4,7,10-11H2,1-3H3,(H,19,20). The molecule has 1 aromatic rings. The number of carboxylic acids is 1. The molecule has 0 bridgehead atoms. The molecule has 0 heterocycles. The van der Waals surface area contributed by atoms with E-state index in [1.807, 2.05) is 31.2 Å². The molecule has 0 aliphatic rings. The van der Waals surface area contributed by atoms with Crippen molar-refractivity contribution in [2.45, 2.75) is 32.7 Å². The fraction of sp³-hybridized carbons (Fsp3) is 0.500. The van der Waals surface area contributed by atoms with Crippen LogP contribution in [0.15, 0.2) is 24.3 Å². The lowest BCUT2D eigenvalue weighted by atomic mass is 10.2. The third-order valence-corrected chi connectivity index (χ3v) is 3.27. The summed E-state index contributed by atoms with van der Waals surface area (Å²) in [5, 5.41) is 8.87. The van der Waals surface area contributed by atoms with E-state index >= 15 is 0 Å². The van der Waals surface area contributed by atoms with Gasteiger partial charge in [-0.05, 0) is 32.4 Å². The highest BCUT2D eigenvalue weighted by atomic mass is 16.5. The van der Waals surface area contributed by atoms with Gasteiger partial charge in [0.15, 0.2) is 11.5 Å². The van der Waals surface area contributed by atoms with Crippen LogP contribution in [0.25, 0.3) is 0 Å². The largest absolute Gasteiger partial charge is 0.490 e. The number of amides is 1. The van der Waals surface area contributed by atoms with Crippen LogP contribution < -0.4 is 9.47 Å². The maximum atomic E-state index is 11.9. The van der Waals surface area contributed by atoms with Gasteiger partial charge in [0.25, 0.3) is 0 Å². The van der Waals surface area contributed by atoms with E-state index in [-0.39, 0.29) is 12.3 Å². The zero-order valence-corrected chi connectivity index (χ0v) is 13.2. The molecule has 122 valence electrons. The lowest BCUT2D eigenvalue weighted by Crippen LogP contribution is -2.40. The number of hydrogen-bond donors (Lipinski definition) is 1.